The molecule has 2 aliphatic rings. The van der Waals surface area contributed by atoms with Crippen molar-refractivity contribution in [2.75, 3.05) is 19.6 Å². The molecule has 3 heteroatoms. The molecule has 1 atom stereocenters. The molecule has 1 aromatic rings. The highest BCUT2D eigenvalue weighted by molar-refractivity contribution is 6.30. The number of piperazine rings is 1. The maximum atomic E-state index is 5.95. The number of hydrogen-bond acceptors (Lipinski definition) is 2. The van der Waals surface area contributed by atoms with Gasteiger partial charge in [0, 0.05) is 35.9 Å². The monoisotopic (exact) mass is 258 g/mol. The van der Waals surface area contributed by atoms with E-state index in [4.69, 9.17) is 11.6 Å². The number of rotatable bonds is 0. The van der Waals surface area contributed by atoms with Crippen LogP contribution in [0.15, 0.2) is 36.0 Å². The van der Waals surface area contributed by atoms with Crippen molar-refractivity contribution >= 4 is 11.6 Å². The number of nitrogens with zero attached hydrogens (tertiary/aromatic N) is 1. The van der Waals surface area contributed by atoms with E-state index in [0.29, 0.717) is 6.04 Å². The van der Waals surface area contributed by atoms with Crippen molar-refractivity contribution < 1.29 is 0 Å². The van der Waals surface area contributed by atoms with Crippen LogP contribution in [0.4, 0.5) is 0 Å². The standard InChI is InChI=1S/C15H15ClN2/c16-13-3-1-2-12(10-13)4-5-14-6-7-15-11-17-8-9-18(14)15/h1-3,7,10,14,17H,6,8-9,11H2/t14-/m0/s1. The minimum Gasteiger partial charge on any atom is -0.359 e. The van der Waals surface area contributed by atoms with Crippen molar-refractivity contribution in [2.45, 2.75) is 12.5 Å². The minimum atomic E-state index is 0.334. The van der Waals surface area contributed by atoms with Gasteiger partial charge in [-0.1, -0.05) is 35.6 Å². The van der Waals surface area contributed by atoms with Gasteiger partial charge in [0.2, 0.25) is 0 Å². The molecule has 1 saturated heterocycles. The van der Waals surface area contributed by atoms with E-state index in [1.807, 2.05) is 24.3 Å². The molecule has 0 amide bonds. The van der Waals surface area contributed by atoms with Crippen molar-refractivity contribution in [3.8, 4) is 11.8 Å². The van der Waals surface area contributed by atoms with Crippen LogP contribution in [-0.2, 0) is 0 Å². The minimum absolute atomic E-state index is 0.334. The highest BCUT2D eigenvalue weighted by atomic mass is 35.5. The van der Waals surface area contributed by atoms with E-state index in [-0.39, 0.29) is 0 Å². The molecular formula is C15H15ClN2. The summed E-state index contributed by atoms with van der Waals surface area (Å²) < 4.78 is 0. The first-order valence-electron chi connectivity index (χ1n) is 6.26. The van der Waals surface area contributed by atoms with Gasteiger partial charge in [-0.05, 0) is 24.6 Å². The predicted octanol–water partition coefficient (Wildman–Crippen LogP) is 2.25. The van der Waals surface area contributed by atoms with Gasteiger partial charge in [-0.15, -0.1) is 0 Å². The van der Waals surface area contributed by atoms with Crippen LogP contribution in [0.25, 0.3) is 0 Å². The lowest BCUT2D eigenvalue weighted by Crippen LogP contribution is -2.43. The Morgan fingerprint density at radius 3 is 3.22 bits per heavy atom. The SMILES string of the molecule is Clc1cccc(C#C[C@H]2CC=C3CNCCN32)c1. The summed E-state index contributed by atoms with van der Waals surface area (Å²) in [7, 11) is 0. The Kier molecular flexibility index (Phi) is 3.27. The number of benzene rings is 1. The molecule has 18 heavy (non-hydrogen) atoms. The number of nitrogens with one attached hydrogen (secondary N) is 1. The third-order valence-electron chi connectivity index (χ3n) is 3.37. The zero-order chi connectivity index (χ0) is 12.4. The van der Waals surface area contributed by atoms with E-state index in [2.05, 4.69) is 28.1 Å². The highest BCUT2D eigenvalue weighted by Crippen LogP contribution is 2.22. The highest BCUT2D eigenvalue weighted by Gasteiger charge is 2.25. The molecule has 0 radical (unpaired) electrons. The molecule has 3 rings (SSSR count). The fraction of sp³-hybridized carbons (Fsp3) is 0.333. The lowest BCUT2D eigenvalue weighted by atomic mass is 10.2. The maximum absolute atomic E-state index is 5.95. The fourth-order valence-electron chi connectivity index (χ4n) is 2.45. The second-order valence-corrected chi connectivity index (χ2v) is 5.03. The second-order valence-electron chi connectivity index (χ2n) is 4.60. The summed E-state index contributed by atoms with van der Waals surface area (Å²) >= 11 is 5.95. The molecule has 0 spiro atoms. The van der Waals surface area contributed by atoms with Gasteiger partial charge in [0.05, 0.1) is 6.04 Å². The third-order valence-corrected chi connectivity index (χ3v) is 3.60. The van der Waals surface area contributed by atoms with Gasteiger partial charge in [0.25, 0.3) is 0 Å². The summed E-state index contributed by atoms with van der Waals surface area (Å²) in [6.07, 6.45) is 3.33. The van der Waals surface area contributed by atoms with Crippen LogP contribution in [0.1, 0.15) is 12.0 Å². The predicted molar refractivity (Wildman–Crippen MR) is 74.4 cm³/mol. The van der Waals surface area contributed by atoms with Crippen LogP contribution >= 0.6 is 11.6 Å². The van der Waals surface area contributed by atoms with E-state index >= 15 is 0 Å². The van der Waals surface area contributed by atoms with Gasteiger partial charge in [-0.3, -0.25) is 0 Å². The van der Waals surface area contributed by atoms with Crippen LogP contribution in [0, 0.1) is 11.8 Å². The average Bonchev–Trinajstić information content (AvgIpc) is 2.80. The van der Waals surface area contributed by atoms with Crippen molar-refractivity contribution in [1.29, 1.82) is 0 Å². The first-order chi connectivity index (χ1) is 8.83. The van der Waals surface area contributed by atoms with Gasteiger partial charge in [-0.2, -0.15) is 0 Å². The molecule has 0 bridgehead atoms. The van der Waals surface area contributed by atoms with Crippen molar-refractivity contribution in [3.05, 3.63) is 46.6 Å². The van der Waals surface area contributed by atoms with E-state index in [9.17, 15) is 0 Å². The Bertz CT molecular complexity index is 539. The molecule has 0 aromatic heterocycles. The van der Waals surface area contributed by atoms with E-state index in [1.54, 1.807) is 0 Å². The molecule has 2 aliphatic heterocycles. The van der Waals surface area contributed by atoms with Gasteiger partial charge in [0.1, 0.15) is 0 Å². The molecule has 1 aromatic carbocycles. The van der Waals surface area contributed by atoms with Gasteiger partial charge in [-0.25, -0.2) is 0 Å². The summed E-state index contributed by atoms with van der Waals surface area (Å²) in [5.41, 5.74) is 2.39. The van der Waals surface area contributed by atoms with Crippen LogP contribution in [0.2, 0.25) is 5.02 Å². The largest absolute Gasteiger partial charge is 0.359 e. The summed E-state index contributed by atoms with van der Waals surface area (Å²) in [5, 5.41) is 4.13. The summed E-state index contributed by atoms with van der Waals surface area (Å²) in [6, 6.07) is 8.06. The van der Waals surface area contributed by atoms with E-state index < -0.39 is 0 Å². The van der Waals surface area contributed by atoms with Crippen molar-refractivity contribution in [2.24, 2.45) is 0 Å². The second kappa shape index (κ2) is 5.06. The maximum Gasteiger partial charge on any atom is 0.0940 e. The molecule has 0 unspecified atom stereocenters. The molecule has 0 saturated carbocycles. The van der Waals surface area contributed by atoms with Gasteiger partial charge < -0.3 is 10.2 Å². The molecular weight excluding hydrogens is 244 g/mol. The lowest BCUT2D eigenvalue weighted by molar-refractivity contribution is 0.289. The Hall–Kier alpha value is -1.43. The molecule has 1 N–H and O–H groups in total. The van der Waals surface area contributed by atoms with Crippen molar-refractivity contribution in [3.63, 3.8) is 0 Å². The Morgan fingerprint density at radius 2 is 2.33 bits per heavy atom. The van der Waals surface area contributed by atoms with Gasteiger partial charge in [0.15, 0.2) is 0 Å². The quantitative estimate of drug-likeness (QED) is 0.718. The first kappa shape index (κ1) is 11.6. The van der Waals surface area contributed by atoms with E-state index in [0.717, 1.165) is 36.6 Å². The van der Waals surface area contributed by atoms with E-state index in [1.165, 1.54) is 5.70 Å². The molecule has 92 valence electrons. The Morgan fingerprint density at radius 1 is 1.39 bits per heavy atom. The fourth-order valence-corrected chi connectivity index (χ4v) is 2.64. The molecule has 0 aliphatic carbocycles. The van der Waals surface area contributed by atoms with Crippen LogP contribution < -0.4 is 5.32 Å². The topological polar surface area (TPSA) is 15.3 Å². The molecule has 2 nitrogen and oxygen atoms in total. The number of fused-ring (bicyclic) bond motifs is 1. The lowest BCUT2D eigenvalue weighted by Gasteiger charge is -2.31. The first-order valence-corrected chi connectivity index (χ1v) is 6.64. The summed E-state index contributed by atoms with van der Waals surface area (Å²) in [4.78, 5) is 2.41. The van der Waals surface area contributed by atoms with Gasteiger partial charge >= 0.3 is 0 Å². The Labute approximate surface area is 113 Å². The number of halogens is 1. The van der Waals surface area contributed by atoms with Crippen LogP contribution in [0.3, 0.4) is 0 Å². The zero-order valence-corrected chi connectivity index (χ0v) is 10.9. The average molecular weight is 259 g/mol. The summed E-state index contributed by atoms with van der Waals surface area (Å²) in [6.45, 7) is 3.09. The normalized spacial score (nSPS) is 21.9. The molecule has 2 heterocycles. The van der Waals surface area contributed by atoms with Crippen LogP contribution in [-0.4, -0.2) is 30.6 Å². The molecule has 1 fully saturated rings. The zero-order valence-electron chi connectivity index (χ0n) is 10.1. The number of hydrogen-bond donors (Lipinski definition) is 1. The smallest absolute Gasteiger partial charge is 0.0940 e. The van der Waals surface area contributed by atoms with Crippen molar-refractivity contribution in [1.82, 2.24) is 10.2 Å². The Balaban J connectivity index is 1.75. The summed E-state index contributed by atoms with van der Waals surface area (Å²) in [5.74, 6) is 6.59. The third kappa shape index (κ3) is 2.38. The van der Waals surface area contributed by atoms with Crippen LogP contribution in [0.5, 0.6) is 0 Å².